The van der Waals surface area contributed by atoms with Gasteiger partial charge in [0.25, 0.3) is 0 Å². The van der Waals surface area contributed by atoms with E-state index in [2.05, 4.69) is 47.5 Å². The first-order valence-corrected chi connectivity index (χ1v) is 33.6. The van der Waals surface area contributed by atoms with Crippen molar-refractivity contribution in [3.63, 3.8) is 0 Å². The second-order valence-electron chi connectivity index (χ2n) is 24.1. The van der Waals surface area contributed by atoms with Gasteiger partial charge in [0.1, 0.15) is 54.4 Å². The molecule has 2 aromatic rings. The number of carbonyl (C=O) groups is 13. The third-order valence-electron chi connectivity index (χ3n) is 16.0. The summed E-state index contributed by atoms with van der Waals surface area (Å²) in [4.78, 5) is 185. The fraction of sp³-hybridized carbons (Fsp3) is 0.587. The number of hydrogen-bond acceptors (Lipinski definition) is 17. The Labute approximate surface area is 558 Å². The van der Waals surface area contributed by atoms with Gasteiger partial charge in [0.15, 0.2) is 5.96 Å². The molecule has 2 fully saturated rings. The van der Waals surface area contributed by atoms with Gasteiger partial charge >= 0.3 is 0 Å². The Hall–Kier alpha value is -8.91. The highest BCUT2D eigenvalue weighted by Crippen LogP contribution is 2.24. The highest BCUT2D eigenvalue weighted by molar-refractivity contribution is 7.98. The lowest BCUT2D eigenvalue weighted by Crippen LogP contribution is -2.60. The zero-order valence-electron chi connectivity index (χ0n) is 54.5. The van der Waals surface area contributed by atoms with E-state index in [1.54, 1.807) is 60.7 Å². The number of aliphatic imine (C=N–C) groups is 1. The van der Waals surface area contributed by atoms with Gasteiger partial charge in [-0.2, -0.15) is 11.8 Å². The maximum atomic E-state index is 14.7. The molecule has 2 heterocycles. The SMILES string of the molecule is CSCC[C@H](NC(=O)[C@@H](CC(C)C)NC(=O)CNC(=O)[C@@H](Cc1ccccc1)NC(=O)[C@H](Cc1ccccc1)NC(=O)[C@H](CCC(N)=O)NC(=O)[C@H](CCC(N)=O)NC(=O)[C@@H]1CCCN1C(=O)[C@H](CCCCN)NC(=O)[C@H]1CCCN1C(=O)[C@H](N)CCCN=C(N)N)C(N)=O. The van der Waals surface area contributed by atoms with Crippen LogP contribution in [0, 0.1) is 5.92 Å². The van der Waals surface area contributed by atoms with Crippen LogP contribution in [-0.4, -0.2) is 198 Å². The molecule has 2 aliphatic rings. The zero-order valence-corrected chi connectivity index (χ0v) is 55.3. The van der Waals surface area contributed by atoms with E-state index < -0.39 is 169 Å². The fourth-order valence-electron chi connectivity index (χ4n) is 11.0. The Bertz CT molecular complexity index is 2960. The number of amides is 13. The maximum Gasteiger partial charge on any atom is 0.245 e. The number of primary amides is 3. The molecule has 95 heavy (non-hydrogen) atoms. The number of carbonyl (C=O) groups excluding carboxylic acids is 13. The Morgan fingerprint density at radius 1 is 0.537 bits per heavy atom. The van der Waals surface area contributed by atoms with Crippen LogP contribution in [0.15, 0.2) is 65.7 Å². The number of hydrogen-bond donors (Lipinski definition) is 15. The van der Waals surface area contributed by atoms with Gasteiger partial charge in [-0.25, -0.2) is 0 Å². The third-order valence-corrected chi connectivity index (χ3v) is 16.7. The van der Waals surface area contributed by atoms with Crippen molar-refractivity contribution in [2.75, 3.05) is 44.7 Å². The van der Waals surface area contributed by atoms with Gasteiger partial charge in [-0.1, -0.05) is 74.5 Å². The van der Waals surface area contributed by atoms with Crippen LogP contribution in [-0.2, 0) is 75.2 Å². The summed E-state index contributed by atoms with van der Waals surface area (Å²) in [5, 5.41) is 21.1. The number of thioether (sulfide) groups is 1. The van der Waals surface area contributed by atoms with Crippen molar-refractivity contribution in [1.29, 1.82) is 0 Å². The van der Waals surface area contributed by atoms with Gasteiger partial charge in [-0.05, 0) is 119 Å². The molecule has 0 spiro atoms. The smallest absolute Gasteiger partial charge is 0.245 e. The molecule has 0 bridgehead atoms. The lowest BCUT2D eigenvalue weighted by molar-refractivity contribution is -0.144. The summed E-state index contributed by atoms with van der Waals surface area (Å²) in [6.07, 6.45) is 3.12. The van der Waals surface area contributed by atoms with Crippen molar-refractivity contribution >= 4 is 94.5 Å². The zero-order chi connectivity index (χ0) is 70.1. The van der Waals surface area contributed by atoms with Crippen LogP contribution in [0.4, 0.5) is 0 Å². The molecule has 2 aliphatic heterocycles. The van der Waals surface area contributed by atoms with Crippen LogP contribution < -0.4 is 82.7 Å². The molecule has 0 unspecified atom stereocenters. The average molecular weight is 1350 g/mol. The maximum absolute atomic E-state index is 14.7. The molecular weight excluding hydrogens is 1250 g/mol. The number of guanidine groups is 1. The number of likely N-dealkylation sites (tertiary alicyclic amines) is 2. The molecule has 22 N–H and O–H groups in total. The van der Waals surface area contributed by atoms with Crippen LogP contribution in [0.5, 0.6) is 0 Å². The lowest BCUT2D eigenvalue weighted by Gasteiger charge is -2.32. The van der Waals surface area contributed by atoms with E-state index in [0.29, 0.717) is 55.4 Å². The first-order valence-electron chi connectivity index (χ1n) is 32.2. The largest absolute Gasteiger partial charge is 0.370 e. The minimum absolute atomic E-state index is 0.0736. The van der Waals surface area contributed by atoms with Gasteiger partial charge in [-0.15, -0.1) is 0 Å². The molecule has 0 aromatic heterocycles. The summed E-state index contributed by atoms with van der Waals surface area (Å²) in [5.41, 5.74) is 40.6. The van der Waals surface area contributed by atoms with E-state index >= 15 is 0 Å². The Morgan fingerprint density at radius 2 is 1.01 bits per heavy atom. The first kappa shape index (κ1) is 78.5. The van der Waals surface area contributed by atoms with Gasteiger partial charge in [-0.3, -0.25) is 67.3 Å². The average Bonchev–Trinajstić information content (AvgIpc) is 1.74. The standard InChI is InChI=1S/C63H98N18O13S/c1-37(2)33-45(57(89)74-41(53(68)85)27-32-95-3)73-52(84)36-72-54(86)46(34-38-15-6-4-7-16-38)78-58(90)47(35-39-17-8-5-9-18-39)79-56(88)42(23-25-50(66)82)75-55(87)43(24-26-51(67)83)76-59(91)49-22-14-31-81(49)62(94)44(20-10-11-28-64)77-60(92)48-21-13-30-80(48)61(93)40(65)19-12-29-71-63(69)70/h4-9,15-18,37,40-49H,10-14,19-36,64-65H2,1-3H3,(H2,66,82)(H2,67,83)(H2,68,85)(H,72,86)(H,73,84)(H,74,89)(H,75,87)(H,76,91)(H,77,92)(H,78,90)(H,79,88)(H4,69,70,71)/t40-,41+,42+,43+,44+,45-,46-,47+,48-,49+/m1/s1. The molecule has 32 heteroatoms. The number of nitrogens with two attached hydrogens (primary N) is 7. The quantitative estimate of drug-likeness (QED) is 0.0173. The first-order chi connectivity index (χ1) is 45.2. The van der Waals surface area contributed by atoms with Crippen molar-refractivity contribution in [2.45, 2.75) is 183 Å². The van der Waals surface area contributed by atoms with Crippen molar-refractivity contribution in [3.8, 4) is 0 Å². The Kier molecular flexibility index (Phi) is 33.9. The molecule has 13 amide bonds. The van der Waals surface area contributed by atoms with E-state index in [1.807, 2.05) is 20.1 Å². The molecule has 2 aromatic carbocycles. The van der Waals surface area contributed by atoms with Crippen molar-refractivity contribution in [3.05, 3.63) is 71.8 Å². The molecule has 0 saturated carbocycles. The molecule has 0 radical (unpaired) electrons. The van der Waals surface area contributed by atoms with Gasteiger partial charge in [0.2, 0.25) is 76.8 Å². The Balaban J connectivity index is 1.56. The minimum Gasteiger partial charge on any atom is -0.370 e. The van der Waals surface area contributed by atoms with Crippen molar-refractivity contribution in [2.24, 2.45) is 51.0 Å². The Morgan fingerprint density at radius 3 is 1.51 bits per heavy atom. The molecule has 524 valence electrons. The number of nitrogens with zero attached hydrogens (tertiary/aromatic N) is 3. The normalized spacial score (nSPS) is 16.8. The van der Waals surface area contributed by atoms with Crippen molar-refractivity contribution < 1.29 is 62.3 Å². The van der Waals surface area contributed by atoms with Crippen LogP contribution in [0.1, 0.15) is 121 Å². The molecule has 31 nitrogen and oxygen atoms in total. The number of rotatable bonds is 42. The second kappa shape index (κ2) is 41.0. The molecule has 0 aliphatic carbocycles. The molecule has 4 rings (SSSR count). The predicted octanol–water partition coefficient (Wildman–Crippen LogP) is -3.71. The third kappa shape index (κ3) is 27.5. The summed E-state index contributed by atoms with van der Waals surface area (Å²) in [6.45, 7) is 3.86. The van der Waals surface area contributed by atoms with E-state index in [4.69, 9.17) is 40.1 Å². The summed E-state index contributed by atoms with van der Waals surface area (Å²) in [6, 6.07) is 4.51. The summed E-state index contributed by atoms with van der Waals surface area (Å²) in [7, 11) is 0. The van der Waals surface area contributed by atoms with E-state index in [-0.39, 0.29) is 83.0 Å². The number of nitrogens with one attached hydrogen (secondary N) is 8. The van der Waals surface area contributed by atoms with E-state index in [1.165, 1.54) is 21.6 Å². The molecular formula is C63H98N18O13S. The second-order valence-corrected chi connectivity index (χ2v) is 25.1. The molecule has 10 atom stereocenters. The van der Waals surface area contributed by atoms with E-state index in [0.717, 1.165) is 0 Å². The van der Waals surface area contributed by atoms with Crippen LogP contribution in [0.25, 0.3) is 0 Å². The van der Waals surface area contributed by atoms with Gasteiger partial charge < -0.3 is 92.5 Å². The summed E-state index contributed by atoms with van der Waals surface area (Å²) >= 11 is 1.45. The number of unbranched alkanes of at least 4 members (excludes halogenated alkanes) is 1. The fourth-order valence-corrected chi connectivity index (χ4v) is 11.5. The van der Waals surface area contributed by atoms with Gasteiger partial charge in [0.05, 0.1) is 12.6 Å². The van der Waals surface area contributed by atoms with E-state index in [9.17, 15) is 62.3 Å². The summed E-state index contributed by atoms with van der Waals surface area (Å²) < 4.78 is 0. The monoisotopic (exact) mass is 1350 g/mol. The van der Waals surface area contributed by atoms with Gasteiger partial charge in [0, 0.05) is 45.3 Å². The topological polar surface area (TPSA) is 519 Å². The van der Waals surface area contributed by atoms with Crippen LogP contribution in [0.2, 0.25) is 0 Å². The molecule has 2 saturated heterocycles. The lowest BCUT2D eigenvalue weighted by atomic mass is 10.0. The highest BCUT2D eigenvalue weighted by Gasteiger charge is 2.42. The van der Waals surface area contributed by atoms with Crippen LogP contribution >= 0.6 is 11.8 Å². The number of benzene rings is 2. The van der Waals surface area contributed by atoms with Crippen molar-refractivity contribution in [1.82, 2.24) is 52.3 Å². The minimum atomic E-state index is -1.64. The summed E-state index contributed by atoms with van der Waals surface area (Å²) in [5.74, 6) is -9.80. The predicted molar refractivity (Wildman–Crippen MR) is 356 cm³/mol. The van der Waals surface area contributed by atoms with Crippen LogP contribution in [0.3, 0.4) is 0 Å². The highest BCUT2D eigenvalue weighted by atomic mass is 32.2.